The predicted octanol–water partition coefficient (Wildman–Crippen LogP) is 2.05. The number of halogens is 1. The lowest BCUT2D eigenvalue weighted by atomic mass is 10.0. The number of carbonyl (C=O) groups is 1. The van der Waals surface area contributed by atoms with E-state index in [4.69, 9.17) is 0 Å². The first-order valence-electron chi connectivity index (χ1n) is 9.07. The number of pyridine rings is 1. The van der Waals surface area contributed by atoms with E-state index < -0.39 is 24.4 Å². The zero-order chi connectivity index (χ0) is 19.2. The van der Waals surface area contributed by atoms with Gasteiger partial charge in [0.1, 0.15) is 11.9 Å². The minimum absolute atomic E-state index is 0.116. The number of aliphatic hydroxyl groups excluding tert-OH is 1. The summed E-state index contributed by atoms with van der Waals surface area (Å²) in [5, 5.41) is 19.1. The minimum Gasteiger partial charge on any atom is -0.480 e. The molecule has 0 radical (unpaired) electrons. The molecule has 2 N–H and O–H groups in total. The van der Waals surface area contributed by atoms with Crippen LogP contribution < -0.4 is 0 Å². The molecule has 1 saturated heterocycles. The Balaban J connectivity index is 1.72. The Morgan fingerprint density at radius 1 is 1.19 bits per heavy atom. The van der Waals surface area contributed by atoms with Crippen LogP contribution in [0.2, 0.25) is 0 Å². The summed E-state index contributed by atoms with van der Waals surface area (Å²) in [4.78, 5) is 20.5. The van der Waals surface area contributed by atoms with Crippen LogP contribution in [0.3, 0.4) is 0 Å². The van der Waals surface area contributed by atoms with Crippen molar-refractivity contribution in [2.45, 2.75) is 25.6 Å². The summed E-state index contributed by atoms with van der Waals surface area (Å²) in [5.41, 5.74) is 1.60. The summed E-state index contributed by atoms with van der Waals surface area (Å²) in [6.07, 6.45) is 2.61. The van der Waals surface area contributed by atoms with E-state index in [1.807, 2.05) is 23.1 Å². The second-order valence-electron chi connectivity index (χ2n) is 6.74. The van der Waals surface area contributed by atoms with Crippen LogP contribution in [0.15, 0.2) is 42.6 Å². The second-order valence-corrected chi connectivity index (χ2v) is 6.74. The second kappa shape index (κ2) is 9.03. The maximum absolute atomic E-state index is 13.7. The van der Waals surface area contributed by atoms with Crippen molar-refractivity contribution < 1.29 is 19.4 Å². The van der Waals surface area contributed by atoms with Crippen LogP contribution in [0.1, 0.15) is 29.3 Å². The molecule has 3 rings (SSSR count). The van der Waals surface area contributed by atoms with Crippen LogP contribution in [0.25, 0.3) is 0 Å². The Morgan fingerprint density at radius 3 is 2.74 bits per heavy atom. The van der Waals surface area contributed by atoms with Gasteiger partial charge >= 0.3 is 5.97 Å². The van der Waals surface area contributed by atoms with Crippen molar-refractivity contribution in [2.75, 3.05) is 26.2 Å². The Bertz CT molecular complexity index is 772. The lowest BCUT2D eigenvalue weighted by Gasteiger charge is -2.28. The van der Waals surface area contributed by atoms with Gasteiger partial charge in [-0.05, 0) is 42.8 Å². The summed E-state index contributed by atoms with van der Waals surface area (Å²) in [6.45, 7) is 3.11. The molecule has 0 spiro atoms. The monoisotopic (exact) mass is 373 g/mol. The number of hydrogen-bond acceptors (Lipinski definition) is 5. The van der Waals surface area contributed by atoms with E-state index in [0.717, 1.165) is 31.7 Å². The third-order valence-corrected chi connectivity index (χ3v) is 4.89. The Hall–Kier alpha value is -2.35. The molecule has 1 unspecified atom stereocenters. The Labute approximate surface area is 157 Å². The molecule has 1 aliphatic heterocycles. The van der Waals surface area contributed by atoms with Gasteiger partial charge in [0, 0.05) is 37.9 Å². The number of rotatable bonds is 6. The first-order chi connectivity index (χ1) is 13.1. The Morgan fingerprint density at radius 2 is 2.04 bits per heavy atom. The van der Waals surface area contributed by atoms with Gasteiger partial charge in [0.05, 0.1) is 12.3 Å². The zero-order valence-corrected chi connectivity index (χ0v) is 15.1. The molecular formula is C20H24FN3O3. The normalized spacial score (nSPS) is 17.4. The van der Waals surface area contributed by atoms with Crippen LogP contribution in [0, 0.1) is 5.82 Å². The van der Waals surface area contributed by atoms with Gasteiger partial charge in [0.15, 0.2) is 0 Å². The molecule has 0 aliphatic carbocycles. The minimum atomic E-state index is -0.969. The van der Waals surface area contributed by atoms with Crippen molar-refractivity contribution in [1.82, 2.24) is 14.8 Å². The smallest absolute Gasteiger partial charge is 0.325 e. The fourth-order valence-electron chi connectivity index (χ4n) is 3.52. The van der Waals surface area contributed by atoms with E-state index in [9.17, 15) is 19.4 Å². The van der Waals surface area contributed by atoms with Crippen molar-refractivity contribution in [3.05, 3.63) is 65.2 Å². The molecule has 1 aromatic heterocycles. The van der Waals surface area contributed by atoms with Crippen LogP contribution in [-0.2, 0) is 17.9 Å². The van der Waals surface area contributed by atoms with E-state index in [0.29, 0.717) is 18.7 Å². The third kappa shape index (κ3) is 4.88. The first-order valence-corrected chi connectivity index (χ1v) is 9.07. The van der Waals surface area contributed by atoms with E-state index in [1.54, 1.807) is 6.20 Å². The maximum Gasteiger partial charge on any atom is 0.325 e. The Kier molecular flexibility index (Phi) is 6.49. The predicted molar refractivity (Wildman–Crippen MR) is 98.4 cm³/mol. The number of aliphatic carboxylic acids is 1. The molecule has 6 nitrogen and oxygen atoms in total. The molecule has 1 aliphatic rings. The van der Waals surface area contributed by atoms with E-state index in [2.05, 4.69) is 9.88 Å². The molecule has 1 atom stereocenters. The molecule has 2 aromatic rings. The highest BCUT2D eigenvalue weighted by molar-refractivity contribution is 5.75. The number of nitrogens with zero attached hydrogens (tertiary/aromatic N) is 3. The number of carboxylic acids is 1. The maximum atomic E-state index is 13.7. The molecule has 7 heteroatoms. The fraction of sp³-hybridized carbons (Fsp3) is 0.400. The third-order valence-electron chi connectivity index (χ3n) is 4.89. The molecule has 0 saturated carbocycles. The molecular weight excluding hydrogens is 349 g/mol. The first kappa shape index (κ1) is 19.4. The largest absolute Gasteiger partial charge is 0.480 e. The summed E-state index contributed by atoms with van der Waals surface area (Å²) >= 11 is 0. The van der Waals surface area contributed by atoms with Gasteiger partial charge in [-0.15, -0.1) is 0 Å². The molecule has 27 heavy (non-hydrogen) atoms. The number of aromatic nitrogens is 1. The molecule has 1 aromatic carbocycles. The lowest BCUT2D eigenvalue weighted by Crippen LogP contribution is -2.37. The highest BCUT2D eigenvalue weighted by Crippen LogP contribution is 2.25. The number of aliphatic hydroxyl groups is 1. The quantitative estimate of drug-likeness (QED) is 0.807. The average Bonchev–Trinajstić information content (AvgIpc) is 2.89. The van der Waals surface area contributed by atoms with Gasteiger partial charge in [0.25, 0.3) is 0 Å². The van der Waals surface area contributed by atoms with Crippen molar-refractivity contribution >= 4 is 5.97 Å². The highest BCUT2D eigenvalue weighted by atomic mass is 19.1. The van der Waals surface area contributed by atoms with Gasteiger partial charge < -0.3 is 10.2 Å². The van der Waals surface area contributed by atoms with Gasteiger partial charge in [-0.1, -0.05) is 12.1 Å². The molecule has 0 bridgehead atoms. The van der Waals surface area contributed by atoms with Gasteiger partial charge in [-0.3, -0.25) is 19.6 Å². The van der Waals surface area contributed by atoms with Crippen LogP contribution in [0.5, 0.6) is 0 Å². The lowest BCUT2D eigenvalue weighted by molar-refractivity contribution is -0.143. The van der Waals surface area contributed by atoms with Crippen LogP contribution in [-0.4, -0.2) is 57.1 Å². The number of benzene rings is 1. The highest BCUT2D eigenvalue weighted by Gasteiger charge is 2.29. The van der Waals surface area contributed by atoms with Crippen LogP contribution >= 0.6 is 0 Å². The molecule has 144 valence electrons. The van der Waals surface area contributed by atoms with E-state index in [1.165, 1.54) is 18.2 Å². The standard InChI is InChI=1S/C20H24FN3O3/c21-18-6-5-15(12-16(18)14-25)19(20(26)27)24-9-3-8-23(10-11-24)13-17-4-1-2-7-22-17/h1-2,4-7,12,19,25H,3,8-11,13-14H2,(H,26,27). The summed E-state index contributed by atoms with van der Waals surface area (Å²) < 4.78 is 13.7. The van der Waals surface area contributed by atoms with E-state index in [-0.39, 0.29) is 5.56 Å². The van der Waals surface area contributed by atoms with Gasteiger partial charge in [-0.2, -0.15) is 0 Å². The van der Waals surface area contributed by atoms with Crippen molar-refractivity contribution in [2.24, 2.45) is 0 Å². The van der Waals surface area contributed by atoms with Gasteiger partial charge in [0.2, 0.25) is 0 Å². The SMILES string of the molecule is O=C(O)C(c1ccc(F)c(CO)c1)N1CCCN(Cc2ccccn2)CC1. The summed E-state index contributed by atoms with van der Waals surface area (Å²) in [6, 6.07) is 9.13. The fourth-order valence-corrected chi connectivity index (χ4v) is 3.52. The van der Waals surface area contributed by atoms with Gasteiger partial charge in [-0.25, -0.2) is 4.39 Å². The molecule has 2 heterocycles. The zero-order valence-electron chi connectivity index (χ0n) is 15.1. The molecule has 1 fully saturated rings. The summed E-state index contributed by atoms with van der Waals surface area (Å²) in [5.74, 6) is -1.49. The number of carboxylic acid groups (broad SMARTS) is 1. The number of hydrogen-bond donors (Lipinski definition) is 2. The van der Waals surface area contributed by atoms with E-state index >= 15 is 0 Å². The van der Waals surface area contributed by atoms with Crippen molar-refractivity contribution in [1.29, 1.82) is 0 Å². The molecule has 0 amide bonds. The average molecular weight is 373 g/mol. The van der Waals surface area contributed by atoms with Crippen molar-refractivity contribution in [3.63, 3.8) is 0 Å². The topological polar surface area (TPSA) is 76.9 Å². The summed E-state index contributed by atoms with van der Waals surface area (Å²) in [7, 11) is 0. The van der Waals surface area contributed by atoms with Crippen LogP contribution in [0.4, 0.5) is 4.39 Å². The van der Waals surface area contributed by atoms with Crippen molar-refractivity contribution in [3.8, 4) is 0 Å².